The summed E-state index contributed by atoms with van der Waals surface area (Å²) in [6.07, 6.45) is 0.358. The van der Waals surface area contributed by atoms with Crippen LogP contribution in [0.5, 0.6) is 5.75 Å². The smallest absolute Gasteiger partial charge is 0.248 e. The number of carbonyl (C=O) groups excluding carboxylic acids is 1. The van der Waals surface area contributed by atoms with Crippen molar-refractivity contribution in [3.63, 3.8) is 0 Å². The fourth-order valence-electron chi connectivity index (χ4n) is 1.87. The molecule has 2 aromatic carbocycles. The van der Waals surface area contributed by atoms with Gasteiger partial charge in [-0.15, -0.1) is 10.2 Å². The Bertz CT molecular complexity index is 800. The van der Waals surface area contributed by atoms with Crippen molar-refractivity contribution >= 4 is 6.29 Å². The molecule has 0 bridgehead atoms. The molecule has 0 aliphatic heterocycles. The third-order valence-corrected chi connectivity index (χ3v) is 2.91. The standard InChI is InChI=1S/C15H9FN2O3/c16-12-7-10(6-11(8-19)13(12)20)15-18-17-14(21-15)9-4-2-1-3-5-9/h1-8,20H. The van der Waals surface area contributed by atoms with Crippen molar-refractivity contribution in [3.8, 4) is 28.7 Å². The third kappa shape index (κ3) is 2.38. The minimum absolute atomic E-state index is 0.0656. The molecule has 0 spiro atoms. The molecule has 1 N–H and O–H groups in total. The molecular formula is C15H9FN2O3. The van der Waals surface area contributed by atoms with Crippen LogP contribution in [0.15, 0.2) is 46.9 Å². The molecular weight excluding hydrogens is 275 g/mol. The van der Waals surface area contributed by atoms with E-state index < -0.39 is 11.6 Å². The van der Waals surface area contributed by atoms with Gasteiger partial charge in [0, 0.05) is 11.1 Å². The van der Waals surface area contributed by atoms with Gasteiger partial charge < -0.3 is 9.52 Å². The molecule has 1 heterocycles. The maximum Gasteiger partial charge on any atom is 0.248 e. The second-order valence-corrected chi connectivity index (χ2v) is 4.29. The van der Waals surface area contributed by atoms with Crippen LogP contribution >= 0.6 is 0 Å². The molecule has 1 aromatic heterocycles. The first-order valence-electron chi connectivity index (χ1n) is 6.06. The quantitative estimate of drug-likeness (QED) is 0.748. The van der Waals surface area contributed by atoms with E-state index in [4.69, 9.17) is 4.42 Å². The van der Waals surface area contributed by atoms with Gasteiger partial charge in [-0.05, 0) is 24.3 Å². The van der Waals surface area contributed by atoms with Crippen molar-refractivity contribution < 1.29 is 18.7 Å². The molecule has 6 heteroatoms. The molecule has 0 atom stereocenters. The Morgan fingerprint density at radius 2 is 1.71 bits per heavy atom. The Balaban J connectivity index is 2.05. The lowest BCUT2D eigenvalue weighted by Crippen LogP contribution is -1.89. The number of carbonyl (C=O) groups is 1. The van der Waals surface area contributed by atoms with Crippen LogP contribution in [0.25, 0.3) is 22.9 Å². The van der Waals surface area contributed by atoms with Gasteiger partial charge in [-0.1, -0.05) is 18.2 Å². The van der Waals surface area contributed by atoms with Crippen molar-refractivity contribution in [2.75, 3.05) is 0 Å². The SMILES string of the molecule is O=Cc1cc(-c2nnc(-c3ccccc3)o2)cc(F)c1O. The molecule has 104 valence electrons. The summed E-state index contributed by atoms with van der Waals surface area (Å²) in [5, 5.41) is 17.1. The van der Waals surface area contributed by atoms with E-state index in [1.165, 1.54) is 6.07 Å². The normalized spacial score (nSPS) is 10.5. The number of halogens is 1. The Morgan fingerprint density at radius 1 is 1.05 bits per heavy atom. The van der Waals surface area contributed by atoms with Crippen LogP contribution in [0.2, 0.25) is 0 Å². The second kappa shape index (κ2) is 5.16. The summed E-state index contributed by atoms with van der Waals surface area (Å²) in [6.45, 7) is 0. The highest BCUT2D eigenvalue weighted by atomic mass is 19.1. The molecule has 0 unspecified atom stereocenters. The van der Waals surface area contributed by atoms with Gasteiger partial charge in [0.25, 0.3) is 0 Å². The summed E-state index contributed by atoms with van der Waals surface area (Å²) >= 11 is 0. The third-order valence-electron chi connectivity index (χ3n) is 2.91. The van der Waals surface area contributed by atoms with Crippen LogP contribution < -0.4 is 0 Å². The zero-order valence-corrected chi connectivity index (χ0v) is 10.7. The Morgan fingerprint density at radius 3 is 2.38 bits per heavy atom. The maximum atomic E-state index is 13.5. The molecule has 0 aliphatic carbocycles. The van der Waals surface area contributed by atoms with Gasteiger partial charge in [0.05, 0.1) is 5.56 Å². The number of hydrogen-bond acceptors (Lipinski definition) is 5. The monoisotopic (exact) mass is 284 g/mol. The molecule has 21 heavy (non-hydrogen) atoms. The molecule has 3 rings (SSSR count). The van der Waals surface area contributed by atoms with Crippen LogP contribution in [0, 0.1) is 5.82 Å². The minimum Gasteiger partial charge on any atom is -0.504 e. The van der Waals surface area contributed by atoms with Crippen LogP contribution in [0.3, 0.4) is 0 Å². The number of benzene rings is 2. The minimum atomic E-state index is -0.922. The first-order chi connectivity index (χ1) is 10.2. The first kappa shape index (κ1) is 13.0. The molecule has 0 saturated carbocycles. The Labute approximate surface area is 118 Å². The van der Waals surface area contributed by atoms with Crippen molar-refractivity contribution in [2.24, 2.45) is 0 Å². The summed E-state index contributed by atoms with van der Waals surface area (Å²) in [4.78, 5) is 10.8. The van der Waals surface area contributed by atoms with Gasteiger partial charge in [-0.2, -0.15) is 0 Å². The van der Waals surface area contributed by atoms with E-state index in [0.29, 0.717) is 6.29 Å². The largest absolute Gasteiger partial charge is 0.504 e. The average Bonchev–Trinajstić information content (AvgIpc) is 3.00. The molecule has 5 nitrogen and oxygen atoms in total. The zero-order valence-electron chi connectivity index (χ0n) is 10.7. The fraction of sp³-hybridized carbons (Fsp3) is 0. The maximum absolute atomic E-state index is 13.5. The lowest BCUT2D eigenvalue weighted by Gasteiger charge is -2.01. The predicted molar refractivity (Wildman–Crippen MR) is 72.2 cm³/mol. The summed E-state index contributed by atoms with van der Waals surface area (Å²) in [5.41, 5.74) is 0.776. The van der Waals surface area contributed by atoms with Gasteiger partial charge in [0.1, 0.15) is 0 Å². The number of phenolic OH excluding ortho intramolecular Hbond substituents is 1. The lowest BCUT2D eigenvalue weighted by atomic mass is 10.1. The van der Waals surface area contributed by atoms with E-state index in [9.17, 15) is 14.3 Å². The van der Waals surface area contributed by atoms with Crippen LogP contribution in [0.4, 0.5) is 4.39 Å². The first-order valence-corrected chi connectivity index (χ1v) is 6.06. The van der Waals surface area contributed by atoms with E-state index in [2.05, 4.69) is 10.2 Å². The fourth-order valence-corrected chi connectivity index (χ4v) is 1.87. The van der Waals surface area contributed by atoms with E-state index in [-0.39, 0.29) is 22.9 Å². The average molecular weight is 284 g/mol. The summed E-state index contributed by atoms with van der Waals surface area (Å²) in [7, 11) is 0. The van der Waals surface area contributed by atoms with Crippen molar-refractivity contribution in [1.82, 2.24) is 10.2 Å². The van der Waals surface area contributed by atoms with E-state index in [1.807, 2.05) is 18.2 Å². The van der Waals surface area contributed by atoms with E-state index in [1.54, 1.807) is 12.1 Å². The van der Waals surface area contributed by atoms with Crippen LogP contribution in [-0.4, -0.2) is 21.6 Å². The van der Waals surface area contributed by atoms with Gasteiger partial charge in [0.2, 0.25) is 11.8 Å². The topological polar surface area (TPSA) is 76.2 Å². The van der Waals surface area contributed by atoms with E-state index >= 15 is 0 Å². The predicted octanol–water partition coefficient (Wildman–Crippen LogP) is 3.06. The van der Waals surface area contributed by atoms with Crippen molar-refractivity contribution in [3.05, 3.63) is 53.8 Å². The number of phenols is 1. The summed E-state index contributed by atoms with van der Waals surface area (Å²) < 4.78 is 19.0. The van der Waals surface area contributed by atoms with Gasteiger partial charge >= 0.3 is 0 Å². The highest BCUT2D eigenvalue weighted by Gasteiger charge is 2.15. The molecule has 0 saturated heterocycles. The molecule has 0 aliphatic rings. The zero-order chi connectivity index (χ0) is 14.8. The van der Waals surface area contributed by atoms with Crippen molar-refractivity contribution in [1.29, 1.82) is 0 Å². The molecule has 0 radical (unpaired) electrons. The number of aromatic nitrogens is 2. The van der Waals surface area contributed by atoms with Crippen molar-refractivity contribution in [2.45, 2.75) is 0 Å². The second-order valence-electron chi connectivity index (χ2n) is 4.29. The molecule has 3 aromatic rings. The summed E-state index contributed by atoms with van der Waals surface area (Å²) in [5.74, 6) is -1.27. The molecule has 0 fully saturated rings. The highest BCUT2D eigenvalue weighted by molar-refractivity contribution is 5.82. The lowest BCUT2D eigenvalue weighted by molar-refractivity contribution is 0.112. The number of nitrogens with zero attached hydrogens (tertiary/aromatic N) is 2. The van der Waals surface area contributed by atoms with Gasteiger partial charge in [-0.3, -0.25) is 4.79 Å². The summed E-state index contributed by atoms with van der Waals surface area (Å²) in [6, 6.07) is 11.4. The van der Waals surface area contributed by atoms with Gasteiger partial charge in [-0.25, -0.2) is 4.39 Å². The van der Waals surface area contributed by atoms with Crippen LogP contribution in [0.1, 0.15) is 10.4 Å². The number of aromatic hydroxyl groups is 1. The number of hydrogen-bond donors (Lipinski definition) is 1. The van der Waals surface area contributed by atoms with Crippen LogP contribution in [-0.2, 0) is 0 Å². The number of rotatable bonds is 3. The molecule has 0 amide bonds. The number of aldehydes is 1. The van der Waals surface area contributed by atoms with Gasteiger partial charge in [0.15, 0.2) is 17.9 Å². The Hall–Kier alpha value is -3.02. The highest BCUT2D eigenvalue weighted by Crippen LogP contribution is 2.29. The van der Waals surface area contributed by atoms with E-state index in [0.717, 1.165) is 11.6 Å². The Kier molecular flexibility index (Phi) is 3.19.